The Kier molecular flexibility index (Phi) is 4.98. The summed E-state index contributed by atoms with van der Waals surface area (Å²) in [7, 11) is 0. The predicted octanol–water partition coefficient (Wildman–Crippen LogP) is 2.22. The zero-order valence-electron chi connectivity index (χ0n) is 11.1. The molecule has 0 atom stereocenters. The number of carbonyl (C=O) groups is 2. The van der Waals surface area contributed by atoms with Crippen molar-refractivity contribution in [3.63, 3.8) is 0 Å². The van der Waals surface area contributed by atoms with E-state index in [0.29, 0.717) is 15.0 Å². The van der Waals surface area contributed by atoms with Crippen molar-refractivity contribution in [2.24, 2.45) is 5.73 Å². The summed E-state index contributed by atoms with van der Waals surface area (Å²) in [5.74, 6) is -0.793. The highest BCUT2D eigenvalue weighted by Crippen LogP contribution is 2.25. The van der Waals surface area contributed by atoms with Crippen LogP contribution in [0.4, 0.5) is 5.69 Å². The third-order valence-corrected chi connectivity index (χ3v) is 4.60. The molecular formula is C14H14BrN3O2S. The lowest BCUT2D eigenvalue weighted by Crippen LogP contribution is -2.37. The molecule has 0 bridgehead atoms. The van der Waals surface area contributed by atoms with E-state index in [-0.39, 0.29) is 19.0 Å². The summed E-state index contributed by atoms with van der Waals surface area (Å²) in [5, 5.41) is 1.81. The van der Waals surface area contributed by atoms with Crippen LogP contribution in [0.25, 0.3) is 0 Å². The number of nitrogen functional groups attached to an aromatic ring is 1. The van der Waals surface area contributed by atoms with Crippen molar-refractivity contribution in [1.29, 1.82) is 0 Å². The zero-order chi connectivity index (χ0) is 15.4. The largest absolute Gasteiger partial charge is 0.399 e. The second-order valence-electron chi connectivity index (χ2n) is 4.47. The van der Waals surface area contributed by atoms with Crippen LogP contribution in [-0.2, 0) is 11.3 Å². The Morgan fingerprint density at radius 3 is 2.62 bits per heavy atom. The van der Waals surface area contributed by atoms with E-state index in [4.69, 9.17) is 11.5 Å². The van der Waals surface area contributed by atoms with Crippen molar-refractivity contribution in [3.05, 3.63) is 50.6 Å². The number of thiophene rings is 1. The summed E-state index contributed by atoms with van der Waals surface area (Å²) in [5.41, 5.74) is 12.4. The number of nitrogens with two attached hydrogens (primary N) is 2. The second kappa shape index (κ2) is 6.73. The molecule has 2 aromatic rings. The molecule has 7 heteroatoms. The van der Waals surface area contributed by atoms with E-state index in [9.17, 15) is 9.59 Å². The smallest absolute Gasteiger partial charge is 0.265 e. The molecule has 0 fully saturated rings. The fourth-order valence-electron chi connectivity index (χ4n) is 1.89. The van der Waals surface area contributed by atoms with Gasteiger partial charge in [-0.05, 0) is 45.1 Å². The number of hydrogen-bond acceptors (Lipinski definition) is 4. The lowest BCUT2D eigenvalue weighted by atomic mass is 10.2. The number of carbonyl (C=O) groups excluding carboxylic acids is 2. The SMILES string of the molecule is NC(=O)CN(Cc1cccc(N)c1)C(=O)c1sccc1Br. The molecule has 21 heavy (non-hydrogen) atoms. The molecule has 1 heterocycles. The van der Waals surface area contributed by atoms with Crippen LogP contribution in [0.5, 0.6) is 0 Å². The molecule has 0 unspecified atom stereocenters. The van der Waals surface area contributed by atoms with Gasteiger partial charge in [-0.3, -0.25) is 9.59 Å². The van der Waals surface area contributed by atoms with E-state index < -0.39 is 5.91 Å². The Balaban J connectivity index is 2.24. The first-order valence-electron chi connectivity index (χ1n) is 6.12. The number of primary amides is 1. The number of halogens is 1. The van der Waals surface area contributed by atoms with Crippen LogP contribution in [0.3, 0.4) is 0 Å². The monoisotopic (exact) mass is 367 g/mol. The molecule has 2 amide bonds. The quantitative estimate of drug-likeness (QED) is 0.793. The summed E-state index contributed by atoms with van der Waals surface area (Å²) in [6.45, 7) is 0.134. The maximum atomic E-state index is 12.5. The van der Waals surface area contributed by atoms with E-state index in [0.717, 1.165) is 5.56 Å². The van der Waals surface area contributed by atoms with Crippen LogP contribution in [-0.4, -0.2) is 23.3 Å². The number of amides is 2. The second-order valence-corrected chi connectivity index (χ2v) is 6.24. The number of anilines is 1. The van der Waals surface area contributed by atoms with Gasteiger partial charge in [-0.1, -0.05) is 12.1 Å². The standard InChI is InChI=1S/C14H14BrN3O2S/c15-11-4-5-21-13(11)14(20)18(8-12(17)19)7-9-2-1-3-10(16)6-9/h1-6H,7-8,16H2,(H2,17,19). The van der Waals surface area contributed by atoms with Crippen molar-refractivity contribution < 1.29 is 9.59 Å². The fraction of sp³-hybridized carbons (Fsp3) is 0.143. The van der Waals surface area contributed by atoms with E-state index in [1.807, 2.05) is 6.07 Å². The minimum Gasteiger partial charge on any atom is -0.399 e. The molecule has 1 aromatic carbocycles. The van der Waals surface area contributed by atoms with Crippen LogP contribution in [0, 0.1) is 0 Å². The van der Waals surface area contributed by atoms with Gasteiger partial charge in [-0.2, -0.15) is 0 Å². The highest BCUT2D eigenvalue weighted by Gasteiger charge is 2.21. The fourth-order valence-corrected chi connectivity index (χ4v) is 3.40. The molecule has 0 aliphatic rings. The molecule has 110 valence electrons. The molecule has 0 saturated heterocycles. The molecule has 5 nitrogen and oxygen atoms in total. The first-order chi connectivity index (χ1) is 9.97. The predicted molar refractivity (Wildman–Crippen MR) is 86.8 cm³/mol. The van der Waals surface area contributed by atoms with E-state index in [1.165, 1.54) is 16.2 Å². The van der Waals surface area contributed by atoms with Gasteiger partial charge in [-0.25, -0.2) is 0 Å². The molecular weight excluding hydrogens is 354 g/mol. The summed E-state index contributed by atoms with van der Waals surface area (Å²) < 4.78 is 0.708. The van der Waals surface area contributed by atoms with Crippen LogP contribution < -0.4 is 11.5 Å². The highest BCUT2D eigenvalue weighted by molar-refractivity contribution is 9.10. The summed E-state index contributed by atoms with van der Waals surface area (Å²) >= 11 is 4.64. The van der Waals surface area contributed by atoms with Gasteiger partial charge in [0.05, 0.1) is 0 Å². The third-order valence-electron chi connectivity index (χ3n) is 2.77. The number of benzene rings is 1. The molecule has 4 N–H and O–H groups in total. The molecule has 2 rings (SSSR count). The Morgan fingerprint density at radius 1 is 1.29 bits per heavy atom. The van der Waals surface area contributed by atoms with Crippen LogP contribution >= 0.6 is 27.3 Å². The van der Waals surface area contributed by atoms with Crippen molar-refractivity contribution in [2.45, 2.75) is 6.54 Å². The number of nitrogens with zero attached hydrogens (tertiary/aromatic N) is 1. The van der Waals surface area contributed by atoms with Gasteiger partial charge in [0.2, 0.25) is 5.91 Å². The van der Waals surface area contributed by atoms with Gasteiger partial charge < -0.3 is 16.4 Å². The first-order valence-corrected chi connectivity index (χ1v) is 7.79. The lowest BCUT2D eigenvalue weighted by molar-refractivity contribution is -0.118. The Bertz CT molecular complexity index is 672. The van der Waals surface area contributed by atoms with Gasteiger partial charge >= 0.3 is 0 Å². The van der Waals surface area contributed by atoms with Crippen LogP contribution in [0.15, 0.2) is 40.2 Å². The Labute approximate surface area is 134 Å². The lowest BCUT2D eigenvalue weighted by Gasteiger charge is -2.21. The molecule has 0 aliphatic carbocycles. The normalized spacial score (nSPS) is 10.3. The maximum absolute atomic E-state index is 12.5. The van der Waals surface area contributed by atoms with Crippen molar-refractivity contribution in [3.8, 4) is 0 Å². The number of rotatable bonds is 5. The minimum atomic E-state index is -0.556. The van der Waals surface area contributed by atoms with Gasteiger partial charge in [0, 0.05) is 16.7 Å². The van der Waals surface area contributed by atoms with Crippen molar-refractivity contribution >= 4 is 44.8 Å². The van der Waals surface area contributed by atoms with E-state index >= 15 is 0 Å². The molecule has 1 aromatic heterocycles. The Hall–Kier alpha value is -1.86. The van der Waals surface area contributed by atoms with E-state index in [1.54, 1.807) is 29.6 Å². The molecule has 0 spiro atoms. The van der Waals surface area contributed by atoms with Gasteiger partial charge in [-0.15, -0.1) is 11.3 Å². The summed E-state index contributed by atoms with van der Waals surface area (Å²) in [6.07, 6.45) is 0. The van der Waals surface area contributed by atoms with Gasteiger partial charge in [0.25, 0.3) is 5.91 Å². The maximum Gasteiger partial charge on any atom is 0.265 e. The third kappa shape index (κ3) is 4.05. The average Bonchev–Trinajstić information content (AvgIpc) is 2.83. The van der Waals surface area contributed by atoms with Gasteiger partial charge in [0.15, 0.2) is 0 Å². The average molecular weight is 368 g/mol. The molecule has 0 radical (unpaired) electrons. The number of hydrogen-bond donors (Lipinski definition) is 2. The summed E-state index contributed by atoms with van der Waals surface area (Å²) in [6, 6.07) is 8.98. The molecule has 0 aliphatic heterocycles. The molecule has 0 saturated carbocycles. The zero-order valence-corrected chi connectivity index (χ0v) is 13.5. The van der Waals surface area contributed by atoms with Gasteiger partial charge in [0.1, 0.15) is 11.4 Å². The Morgan fingerprint density at radius 2 is 2.05 bits per heavy atom. The van der Waals surface area contributed by atoms with Crippen molar-refractivity contribution in [1.82, 2.24) is 4.90 Å². The minimum absolute atomic E-state index is 0.141. The highest BCUT2D eigenvalue weighted by atomic mass is 79.9. The first kappa shape index (κ1) is 15.5. The van der Waals surface area contributed by atoms with Crippen LogP contribution in [0.1, 0.15) is 15.2 Å². The topological polar surface area (TPSA) is 89.4 Å². The van der Waals surface area contributed by atoms with Crippen molar-refractivity contribution in [2.75, 3.05) is 12.3 Å². The van der Waals surface area contributed by atoms with E-state index in [2.05, 4.69) is 15.9 Å². The summed E-state index contributed by atoms with van der Waals surface area (Å²) in [4.78, 5) is 25.7. The van der Waals surface area contributed by atoms with Crippen LogP contribution in [0.2, 0.25) is 0 Å².